The molecule has 1 aliphatic carbocycles. The number of halogens is 3. The molecule has 0 spiro atoms. The number of nitrogens with zero attached hydrogens (tertiary/aromatic N) is 3. The third-order valence-corrected chi connectivity index (χ3v) is 6.26. The first-order chi connectivity index (χ1) is 15.8. The smallest absolute Gasteiger partial charge is 0.404 e. The molecule has 2 aromatic carbocycles. The van der Waals surface area contributed by atoms with Gasteiger partial charge in [-0.3, -0.25) is 4.79 Å². The van der Waals surface area contributed by atoms with Crippen molar-refractivity contribution in [2.24, 2.45) is 0 Å². The third kappa shape index (κ3) is 5.16. The van der Waals surface area contributed by atoms with Crippen LogP contribution in [-0.4, -0.2) is 48.9 Å². The summed E-state index contributed by atoms with van der Waals surface area (Å²) in [6.07, 6.45) is -1.45. The highest BCUT2D eigenvalue weighted by molar-refractivity contribution is 5.90. The fourth-order valence-corrected chi connectivity index (χ4v) is 4.66. The second-order valence-corrected chi connectivity index (χ2v) is 8.40. The number of alkyl halides is 3. The summed E-state index contributed by atoms with van der Waals surface area (Å²) in [4.78, 5) is 17.2. The van der Waals surface area contributed by atoms with Crippen LogP contribution >= 0.6 is 0 Å². The molecule has 2 aromatic rings. The van der Waals surface area contributed by atoms with Gasteiger partial charge in [-0.05, 0) is 49.2 Å². The second kappa shape index (κ2) is 9.22. The standard InChI is InChI=1S/C24H25F3N4O2/c25-24(26,27)33-21-6-2-1-5-20(21)30-13-15-31(16-14-30)22(32)23(11-3-4-12-23)29-19-9-7-18(17-28)8-10-19/h1-2,5-10,29H,3-4,11-16H2. The fraction of sp³-hybridized carbons (Fsp3) is 0.417. The summed E-state index contributed by atoms with van der Waals surface area (Å²) in [5, 5.41) is 12.4. The Hall–Kier alpha value is -3.41. The molecule has 9 heteroatoms. The first-order valence-corrected chi connectivity index (χ1v) is 11.0. The Bertz CT molecular complexity index is 1020. The highest BCUT2D eigenvalue weighted by Crippen LogP contribution is 2.37. The van der Waals surface area contributed by atoms with Gasteiger partial charge in [-0.15, -0.1) is 13.2 Å². The van der Waals surface area contributed by atoms with Gasteiger partial charge in [0, 0.05) is 31.9 Å². The van der Waals surface area contributed by atoms with Crippen molar-refractivity contribution in [2.45, 2.75) is 37.6 Å². The molecule has 0 unspecified atom stereocenters. The number of hydrogen-bond acceptors (Lipinski definition) is 5. The minimum Gasteiger partial charge on any atom is -0.404 e. The number of hydrogen-bond donors (Lipinski definition) is 1. The molecule has 2 aliphatic rings. The van der Waals surface area contributed by atoms with Crippen LogP contribution in [0, 0.1) is 11.3 Å². The van der Waals surface area contributed by atoms with Gasteiger partial charge >= 0.3 is 6.36 Å². The number of carbonyl (C=O) groups is 1. The van der Waals surface area contributed by atoms with Gasteiger partial charge in [0.1, 0.15) is 5.54 Å². The van der Waals surface area contributed by atoms with Crippen LogP contribution in [0.4, 0.5) is 24.5 Å². The maximum atomic E-state index is 13.6. The molecule has 0 radical (unpaired) electrons. The van der Waals surface area contributed by atoms with Crippen LogP contribution in [-0.2, 0) is 4.79 Å². The molecule has 33 heavy (non-hydrogen) atoms. The summed E-state index contributed by atoms with van der Waals surface area (Å²) in [5.74, 6) is -0.219. The Balaban J connectivity index is 1.44. The largest absolute Gasteiger partial charge is 0.573 e. The number of rotatable bonds is 5. The van der Waals surface area contributed by atoms with Gasteiger partial charge in [-0.2, -0.15) is 5.26 Å². The molecule has 1 saturated heterocycles. The summed E-state index contributed by atoms with van der Waals surface area (Å²) < 4.78 is 42.5. The minimum absolute atomic E-state index is 0.0174. The normalized spacial score (nSPS) is 18.0. The molecule has 1 aliphatic heterocycles. The molecule has 4 rings (SSSR count). The number of nitriles is 1. The molecular weight excluding hydrogens is 433 g/mol. The molecule has 1 saturated carbocycles. The van der Waals surface area contributed by atoms with E-state index in [1.54, 1.807) is 41.3 Å². The fourth-order valence-electron chi connectivity index (χ4n) is 4.66. The zero-order chi connectivity index (χ0) is 23.5. The Morgan fingerprint density at radius 2 is 1.64 bits per heavy atom. The van der Waals surface area contributed by atoms with Crippen LogP contribution in [0.15, 0.2) is 48.5 Å². The van der Waals surface area contributed by atoms with Gasteiger partial charge in [0.15, 0.2) is 5.75 Å². The average molecular weight is 458 g/mol. The molecule has 6 nitrogen and oxygen atoms in total. The Morgan fingerprint density at radius 1 is 1.00 bits per heavy atom. The molecular formula is C24H25F3N4O2. The Kier molecular flexibility index (Phi) is 6.36. The molecule has 2 fully saturated rings. The molecule has 0 bridgehead atoms. The lowest BCUT2D eigenvalue weighted by Crippen LogP contribution is -2.57. The maximum absolute atomic E-state index is 13.6. The predicted molar refractivity (Wildman–Crippen MR) is 118 cm³/mol. The Morgan fingerprint density at radius 3 is 2.24 bits per heavy atom. The first-order valence-electron chi connectivity index (χ1n) is 11.0. The van der Waals surface area contributed by atoms with E-state index in [1.807, 2.05) is 4.90 Å². The van der Waals surface area contributed by atoms with Crippen molar-refractivity contribution < 1.29 is 22.7 Å². The highest BCUT2D eigenvalue weighted by atomic mass is 19.4. The van der Waals surface area contributed by atoms with Crippen LogP contribution in [0.2, 0.25) is 0 Å². The second-order valence-electron chi connectivity index (χ2n) is 8.40. The van der Waals surface area contributed by atoms with E-state index in [2.05, 4.69) is 16.1 Å². The van der Waals surface area contributed by atoms with Crippen LogP contribution in [0.25, 0.3) is 0 Å². The SMILES string of the molecule is N#Cc1ccc(NC2(C(=O)N3CCN(c4ccccc4OC(F)(F)F)CC3)CCCC2)cc1. The third-order valence-electron chi connectivity index (χ3n) is 6.26. The number of piperazine rings is 1. The first kappa shape index (κ1) is 22.8. The van der Waals surface area contributed by atoms with E-state index in [9.17, 15) is 18.0 Å². The molecule has 1 amide bonds. The van der Waals surface area contributed by atoms with Gasteiger partial charge in [0.2, 0.25) is 5.91 Å². The minimum atomic E-state index is -4.76. The van der Waals surface area contributed by atoms with Crippen molar-refractivity contribution in [1.82, 2.24) is 4.90 Å². The summed E-state index contributed by atoms with van der Waals surface area (Å²) in [6.45, 7) is 1.65. The highest BCUT2D eigenvalue weighted by Gasteiger charge is 2.44. The van der Waals surface area contributed by atoms with E-state index < -0.39 is 11.9 Å². The predicted octanol–water partition coefficient (Wildman–Crippen LogP) is 4.53. The summed E-state index contributed by atoms with van der Waals surface area (Å²) in [7, 11) is 0. The number of amides is 1. The van der Waals surface area contributed by atoms with Crippen LogP contribution < -0.4 is 15.0 Å². The lowest BCUT2D eigenvalue weighted by molar-refractivity contribution is -0.274. The molecule has 0 aromatic heterocycles. The van der Waals surface area contributed by atoms with Crippen molar-refractivity contribution in [1.29, 1.82) is 5.26 Å². The summed E-state index contributed by atoms with van der Waals surface area (Å²) in [6, 6.07) is 15.2. The van der Waals surface area contributed by atoms with E-state index in [0.29, 0.717) is 50.3 Å². The van der Waals surface area contributed by atoms with Gasteiger partial charge in [0.05, 0.1) is 17.3 Å². The van der Waals surface area contributed by atoms with E-state index in [-0.39, 0.29) is 11.7 Å². The Labute approximate surface area is 190 Å². The van der Waals surface area contributed by atoms with Gasteiger partial charge in [-0.1, -0.05) is 25.0 Å². The van der Waals surface area contributed by atoms with Crippen molar-refractivity contribution in [3.63, 3.8) is 0 Å². The number of ether oxygens (including phenoxy) is 1. The number of anilines is 2. The van der Waals surface area contributed by atoms with Crippen molar-refractivity contribution in [3.05, 3.63) is 54.1 Å². The lowest BCUT2D eigenvalue weighted by Gasteiger charge is -2.41. The number of para-hydroxylation sites is 2. The topological polar surface area (TPSA) is 68.6 Å². The lowest BCUT2D eigenvalue weighted by atomic mass is 9.94. The maximum Gasteiger partial charge on any atom is 0.573 e. The van der Waals surface area contributed by atoms with Gasteiger partial charge < -0.3 is 19.9 Å². The van der Waals surface area contributed by atoms with E-state index >= 15 is 0 Å². The average Bonchev–Trinajstić information content (AvgIpc) is 3.28. The van der Waals surface area contributed by atoms with Crippen molar-refractivity contribution >= 4 is 17.3 Å². The molecule has 1 heterocycles. The van der Waals surface area contributed by atoms with Crippen LogP contribution in [0.5, 0.6) is 5.75 Å². The zero-order valence-electron chi connectivity index (χ0n) is 18.1. The van der Waals surface area contributed by atoms with Crippen LogP contribution in [0.3, 0.4) is 0 Å². The van der Waals surface area contributed by atoms with Gasteiger partial charge in [-0.25, -0.2) is 0 Å². The van der Waals surface area contributed by atoms with E-state index in [0.717, 1.165) is 18.5 Å². The quantitative estimate of drug-likeness (QED) is 0.713. The summed E-state index contributed by atoms with van der Waals surface area (Å²) in [5.41, 5.74) is 1.01. The van der Waals surface area contributed by atoms with Crippen molar-refractivity contribution in [2.75, 3.05) is 36.4 Å². The van der Waals surface area contributed by atoms with Crippen LogP contribution in [0.1, 0.15) is 31.2 Å². The van der Waals surface area contributed by atoms with Gasteiger partial charge in [0.25, 0.3) is 0 Å². The number of carbonyl (C=O) groups excluding carboxylic acids is 1. The van der Waals surface area contributed by atoms with Crippen molar-refractivity contribution in [3.8, 4) is 11.8 Å². The monoisotopic (exact) mass is 458 g/mol. The zero-order valence-corrected chi connectivity index (χ0v) is 18.1. The van der Waals surface area contributed by atoms with E-state index in [1.165, 1.54) is 12.1 Å². The molecule has 174 valence electrons. The summed E-state index contributed by atoms with van der Waals surface area (Å²) >= 11 is 0. The number of benzene rings is 2. The van der Waals surface area contributed by atoms with E-state index in [4.69, 9.17) is 5.26 Å². The molecule has 1 N–H and O–H groups in total. The molecule has 0 atom stereocenters. The number of nitrogens with one attached hydrogen (secondary N) is 1.